The third-order valence-electron chi connectivity index (χ3n) is 0.975. The van der Waals surface area contributed by atoms with Gasteiger partial charge in [0, 0.05) is 12.9 Å². The van der Waals surface area contributed by atoms with Crippen LogP contribution in [0.5, 0.6) is 0 Å². The lowest BCUT2D eigenvalue weighted by molar-refractivity contribution is 0.119. The summed E-state index contributed by atoms with van der Waals surface area (Å²) in [7, 11) is 1.69. The largest absolute Gasteiger partial charge is 0.381 e. The van der Waals surface area contributed by atoms with E-state index in [0.29, 0.717) is 11.9 Å². The van der Waals surface area contributed by atoms with Gasteiger partial charge in [0.15, 0.2) is 0 Å². The van der Waals surface area contributed by atoms with E-state index in [9.17, 15) is 0 Å². The average Bonchev–Trinajstić information content (AvgIpc) is 1.72. The fourth-order valence-corrected chi connectivity index (χ4v) is 0.724. The van der Waals surface area contributed by atoms with Crippen molar-refractivity contribution in [3.05, 3.63) is 0 Å². The van der Waals surface area contributed by atoms with Crippen molar-refractivity contribution in [1.29, 1.82) is 0 Å². The van der Waals surface area contributed by atoms with Crippen LogP contribution in [0.4, 0.5) is 0 Å². The van der Waals surface area contributed by atoms with Gasteiger partial charge in [-0.05, 0) is 6.42 Å². The quantitative estimate of drug-likeness (QED) is 0.548. The molecule has 1 atom stereocenters. The highest BCUT2D eigenvalue weighted by atomic mass is 32.1. The van der Waals surface area contributed by atoms with Crippen molar-refractivity contribution in [3.63, 3.8) is 0 Å². The summed E-state index contributed by atoms with van der Waals surface area (Å²) >= 11 is 4.75. The molecule has 0 amide bonds. The molecule has 0 aliphatic heterocycles. The summed E-state index contributed by atoms with van der Waals surface area (Å²) in [6.45, 7) is 2.07. The Morgan fingerprint density at radius 2 is 2.29 bits per heavy atom. The first-order valence-electron chi connectivity index (χ1n) is 2.46. The Morgan fingerprint density at radius 1 is 1.71 bits per heavy atom. The van der Waals surface area contributed by atoms with Gasteiger partial charge in [0.1, 0.15) is 0 Å². The van der Waals surface area contributed by atoms with Crippen molar-refractivity contribution in [3.8, 4) is 0 Å². The summed E-state index contributed by atoms with van der Waals surface area (Å²) in [5, 5.41) is 0. The van der Waals surface area contributed by atoms with Gasteiger partial charge in [0.2, 0.25) is 0 Å². The molecule has 0 aromatic heterocycles. The lowest BCUT2D eigenvalue weighted by Gasteiger charge is -2.06. The summed E-state index contributed by atoms with van der Waals surface area (Å²) in [6.07, 6.45) is 1.33. The Hall–Kier alpha value is 0.310. The van der Waals surface area contributed by atoms with Crippen LogP contribution in [0.15, 0.2) is 0 Å². The van der Waals surface area contributed by atoms with Crippen LogP contribution in [-0.2, 0) is 4.74 Å². The third-order valence-corrected chi connectivity index (χ3v) is 1.35. The lowest BCUT2D eigenvalue weighted by Crippen LogP contribution is -2.09. The molecule has 0 fully saturated rings. The minimum Gasteiger partial charge on any atom is -0.381 e. The fourth-order valence-electron chi connectivity index (χ4n) is 0.353. The smallest absolute Gasteiger partial charge is 0.0667 e. The van der Waals surface area contributed by atoms with Crippen LogP contribution in [-0.4, -0.2) is 19.0 Å². The van der Waals surface area contributed by atoms with E-state index < -0.39 is 0 Å². The minimum absolute atomic E-state index is 0.301. The first kappa shape index (κ1) is 7.31. The zero-order valence-electron chi connectivity index (χ0n) is 4.81. The van der Waals surface area contributed by atoms with Crippen molar-refractivity contribution in [2.75, 3.05) is 12.9 Å². The van der Waals surface area contributed by atoms with Crippen LogP contribution >= 0.6 is 12.6 Å². The molecule has 0 rings (SSSR count). The second-order valence-electron chi connectivity index (χ2n) is 1.43. The van der Waals surface area contributed by atoms with Gasteiger partial charge in [0.05, 0.1) is 6.10 Å². The number of hydrogen-bond donors (Lipinski definition) is 0. The second-order valence-corrected chi connectivity index (χ2v) is 1.77. The lowest BCUT2D eigenvalue weighted by atomic mass is 10.3. The Morgan fingerprint density at radius 3 is 2.29 bits per heavy atom. The molecule has 7 heavy (non-hydrogen) atoms. The van der Waals surface area contributed by atoms with Gasteiger partial charge >= 0.3 is 0 Å². The van der Waals surface area contributed by atoms with E-state index in [1.807, 2.05) is 0 Å². The molecule has 0 saturated carbocycles. The first-order chi connectivity index (χ1) is 3.35. The Bertz CT molecular complexity index is 29.6. The molecule has 0 bridgehead atoms. The van der Waals surface area contributed by atoms with Crippen LogP contribution in [0.1, 0.15) is 13.3 Å². The molecule has 0 aromatic carbocycles. The minimum atomic E-state index is 0.301. The van der Waals surface area contributed by atoms with Crippen molar-refractivity contribution in [2.24, 2.45) is 0 Å². The molecule has 0 aliphatic carbocycles. The van der Waals surface area contributed by atoms with Gasteiger partial charge in [-0.1, -0.05) is 19.6 Å². The summed E-state index contributed by atoms with van der Waals surface area (Å²) in [4.78, 5) is 0. The van der Waals surface area contributed by atoms with E-state index in [0.717, 1.165) is 6.42 Å². The molecular weight excluding hydrogens is 108 g/mol. The standard InChI is InChI=1S/C5H11OS/c1-3-5(4-7)6-2/h5H,3-4H2,1-2H3. The molecule has 2 heteroatoms. The highest BCUT2D eigenvalue weighted by molar-refractivity contribution is 7.80. The van der Waals surface area contributed by atoms with Crippen LogP contribution in [0.3, 0.4) is 0 Å². The Labute approximate surface area is 50.5 Å². The normalized spacial score (nSPS) is 14.1. The molecule has 0 aliphatic rings. The fraction of sp³-hybridized carbons (Fsp3) is 1.00. The molecule has 0 saturated heterocycles. The van der Waals surface area contributed by atoms with Crippen molar-refractivity contribution >= 4 is 12.6 Å². The second kappa shape index (κ2) is 4.47. The van der Waals surface area contributed by atoms with Crippen molar-refractivity contribution in [1.82, 2.24) is 0 Å². The predicted molar refractivity (Wildman–Crippen MR) is 33.5 cm³/mol. The molecule has 1 unspecified atom stereocenters. The number of methoxy groups -OCH3 is 1. The van der Waals surface area contributed by atoms with Crippen molar-refractivity contribution in [2.45, 2.75) is 19.4 Å². The monoisotopic (exact) mass is 119 g/mol. The summed E-state index contributed by atoms with van der Waals surface area (Å²) in [5.41, 5.74) is 0. The molecule has 0 spiro atoms. The van der Waals surface area contributed by atoms with E-state index in [-0.39, 0.29) is 0 Å². The number of hydrogen-bond acceptors (Lipinski definition) is 1. The van der Waals surface area contributed by atoms with Gasteiger partial charge in [-0.15, -0.1) is 0 Å². The van der Waals surface area contributed by atoms with Crippen LogP contribution < -0.4 is 0 Å². The molecule has 0 heterocycles. The maximum absolute atomic E-state index is 4.94. The zero-order valence-corrected chi connectivity index (χ0v) is 5.62. The van der Waals surface area contributed by atoms with Gasteiger partial charge in [-0.2, -0.15) is 0 Å². The molecule has 1 radical (unpaired) electrons. The number of rotatable bonds is 3. The van der Waals surface area contributed by atoms with E-state index in [1.165, 1.54) is 0 Å². The Balaban J connectivity index is 2.99. The van der Waals surface area contributed by atoms with Gasteiger partial charge < -0.3 is 4.74 Å². The first-order valence-corrected chi connectivity index (χ1v) is 3.03. The molecular formula is C5H11OS. The van der Waals surface area contributed by atoms with Crippen LogP contribution in [0, 0.1) is 0 Å². The summed E-state index contributed by atoms with van der Waals surface area (Å²) in [6, 6.07) is 0. The van der Waals surface area contributed by atoms with Gasteiger partial charge in [-0.3, -0.25) is 0 Å². The van der Waals surface area contributed by atoms with Crippen molar-refractivity contribution < 1.29 is 4.74 Å². The van der Waals surface area contributed by atoms with Gasteiger partial charge in [0.25, 0.3) is 0 Å². The topological polar surface area (TPSA) is 9.23 Å². The van der Waals surface area contributed by atoms with Crippen LogP contribution in [0.25, 0.3) is 0 Å². The summed E-state index contributed by atoms with van der Waals surface area (Å²) < 4.78 is 4.94. The molecule has 0 aromatic rings. The maximum atomic E-state index is 4.94. The average molecular weight is 119 g/mol. The van der Waals surface area contributed by atoms with E-state index >= 15 is 0 Å². The molecule has 43 valence electrons. The van der Waals surface area contributed by atoms with E-state index in [2.05, 4.69) is 6.92 Å². The van der Waals surface area contributed by atoms with E-state index in [1.54, 1.807) is 7.11 Å². The van der Waals surface area contributed by atoms with E-state index in [4.69, 9.17) is 17.4 Å². The highest BCUT2D eigenvalue weighted by Gasteiger charge is 1.97. The Kier molecular flexibility index (Phi) is 4.67. The maximum Gasteiger partial charge on any atom is 0.0667 e. The predicted octanol–water partition coefficient (Wildman–Crippen LogP) is 1.61. The zero-order chi connectivity index (χ0) is 5.70. The third kappa shape index (κ3) is 2.94. The SMILES string of the molecule is CCC(C[S])OC. The summed E-state index contributed by atoms with van der Waals surface area (Å²) in [5.74, 6) is 0.715. The molecule has 0 N–H and O–H groups in total. The van der Waals surface area contributed by atoms with Crippen LogP contribution in [0.2, 0.25) is 0 Å². The molecule has 1 nitrogen and oxygen atoms in total. The number of ether oxygens (including phenoxy) is 1. The van der Waals surface area contributed by atoms with Gasteiger partial charge in [-0.25, -0.2) is 0 Å². The highest BCUT2D eigenvalue weighted by Crippen LogP contribution is 1.96.